The Bertz CT molecular complexity index is 198. The molecule has 0 bridgehead atoms. The maximum absolute atomic E-state index is 6.05. The number of hydrogen-bond donors (Lipinski definition) is 1. The number of aliphatic imine (C=N–C) groups is 1. The summed E-state index contributed by atoms with van der Waals surface area (Å²) in [5.41, 5.74) is 6.05. The highest BCUT2D eigenvalue weighted by Gasteiger charge is 2.17. The zero-order chi connectivity index (χ0) is 11.1. The average Bonchev–Trinajstić information content (AvgIpc) is 2.29. The number of nitrogens with two attached hydrogens (primary N) is 1. The van der Waals surface area contributed by atoms with Gasteiger partial charge in [-0.25, -0.2) is 0 Å². The van der Waals surface area contributed by atoms with E-state index in [1.807, 2.05) is 0 Å². The number of hydrogen-bond acceptors (Lipinski definition) is 2. The number of amidine groups is 1. The van der Waals surface area contributed by atoms with Crippen molar-refractivity contribution in [3.63, 3.8) is 0 Å². The summed E-state index contributed by atoms with van der Waals surface area (Å²) in [6.07, 6.45) is 7.42. The van der Waals surface area contributed by atoms with Gasteiger partial charge >= 0.3 is 0 Å². The molecule has 0 radical (unpaired) electrons. The molecule has 1 saturated carbocycles. The topological polar surface area (TPSA) is 47.6 Å². The summed E-state index contributed by atoms with van der Waals surface area (Å²) < 4.78 is 5.12. The Hall–Kier alpha value is -0.570. The molecule has 1 unspecified atom stereocenters. The summed E-state index contributed by atoms with van der Waals surface area (Å²) >= 11 is 0. The predicted molar refractivity (Wildman–Crippen MR) is 64.2 cm³/mol. The minimum Gasteiger partial charge on any atom is -0.387 e. The molecule has 0 spiro atoms. The molecule has 1 rings (SSSR count). The molecule has 1 atom stereocenters. The third-order valence-electron chi connectivity index (χ3n) is 3.19. The molecule has 88 valence electrons. The SMILES string of the molecule is CCC(COC)N=C(N)C1CCCCC1. The third kappa shape index (κ3) is 4.20. The van der Waals surface area contributed by atoms with E-state index in [2.05, 4.69) is 11.9 Å². The molecule has 2 N–H and O–H groups in total. The van der Waals surface area contributed by atoms with Crippen molar-refractivity contribution in [2.24, 2.45) is 16.6 Å². The lowest BCUT2D eigenvalue weighted by atomic mass is 9.88. The largest absolute Gasteiger partial charge is 0.387 e. The van der Waals surface area contributed by atoms with Gasteiger partial charge in [0.1, 0.15) is 0 Å². The van der Waals surface area contributed by atoms with E-state index in [9.17, 15) is 0 Å². The van der Waals surface area contributed by atoms with Crippen LogP contribution in [0, 0.1) is 5.92 Å². The van der Waals surface area contributed by atoms with Crippen molar-refractivity contribution in [3.05, 3.63) is 0 Å². The van der Waals surface area contributed by atoms with E-state index in [0.717, 1.165) is 12.3 Å². The molecule has 0 heterocycles. The van der Waals surface area contributed by atoms with Crippen molar-refractivity contribution in [1.82, 2.24) is 0 Å². The van der Waals surface area contributed by atoms with Gasteiger partial charge in [-0.05, 0) is 19.3 Å². The van der Waals surface area contributed by atoms with Gasteiger partial charge in [-0.1, -0.05) is 26.2 Å². The van der Waals surface area contributed by atoms with E-state index in [1.165, 1.54) is 32.1 Å². The summed E-state index contributed by atoms with van der Waals surface area (Å²) in [5, 5.41) is 0. The van der Waals surface area contributed by atoms with E-state index in [-0.39, 0.29) is 6.04 Å². The molecule has 3 nitrogen and oxygen atoms in total. The third-order valence-corrected chi connectivity index (χ3v) is 3.19. The zero-order valence-corrected chi connectivity index (χ0v) is 10.0. The molecule has 0 aliphatic heterocycles. The van der Waals surface area contributed by atoms with E-state index >= 15 is 0 Å². The molecule has 15 heavy (non-hydrogen) atoms. The van der Waals surface area contributed by atoms with Crippen molar-refractivity contribution in [2.45, 2.75) is 51.5 Å². The number of ether oxygens (including phenoxy) is 1. The summed E-state index contributed by atoms with van der Waals surface area (Å²) in [6.45, 7) is 2.81. The predicted octanol–water partition coefficient (Wildman–Crippen LogP) is 2.35. The van der Waals surface area contributed by atoms with Crippen LogP contribution in [0.15, 0.2) is 4.99 Å². The van der Waals surface area contributed by atoms with Crippen LogP contribution in [0.5, 0.6) is 0 Å². The molecule has 0 aromatic carbocycles. The first kappa shape index (κ1) is 12.5. The molecule has 1 fully saturated rings. The molecular weight excluding hydrogens is 188 g/mol. The van der Waals surface area contributed by atoms with Gasteiger partial charge in [0.2, 0.25) is 0 Å². The smallest absolute Gasteiger partial charge is 0.0972 e. The standard InChI is InChI=1S/C12H24N2O/c1-3-11(9-15-2)14-12(13)10-7-5-4-6-8-10/h10-11H,3-9H2,1-2H3,(H2,13,14). The van der Waals surface area contributed by atoms with Crippen LogP contribution >= 0.6 is 0 Å². The lowest BCUT2D eigenvalue weighted by Gasteiger charge is -2.22. The molecule has 0 aromatic heterocycles. The molecule has 0 amide bonds. The summed E-state index contributed by atoms with van der Waals surface area (Å²) in [4.78, 5) is 4.58. The monoisotopic (exact) mass is 212 g/mol. The van der Waals surface area contributed by atoms with Crippen LogP contribution in [0.25, 0.3) is 0 Å². The Labute approximate surface area is 93.1 Å². The lowest BCUT2D eigenvalue weighted by Crippen LogP contribution is -2.28. The second-order valence-corrected chi connectivity index (χ2v) is 4.41. The van der Waals surface area contributed by atoms with Gasteiger partial charge in [0, 0.05) is 13.0 Å². The maximum Gasteiger partial charge on any atom is 0.0972 e. The lowest BCUT2D eigenvalue weighted by molar-refractivity contribution is 0.179. The van der Waals surface area contributed by atoms with Gasteiger partial charge in [0.25, 0.3) is 0 Å². The molecule has 3 heteroatoms. The Kier molecular flexibility index (Phi) is 5.69. The van der Waals surface area contributed by atoms with Gasteiger partial charge in [0.15, 0.2) is 0 Å². The fraction of sp³-hybridized carbons (Fsp3) is 0.917. The van der Waals surface area contributed by atoms with Gasteiger partial charge in [-0.15, -0.1) is 0 Å². The molecule has 1 aliphatic carbocycles. The highest BCUT2D eigenvalue weighted by Crippen LogP contribution is 2.23. The minimum absolute atomic E-state index is 0.247. The van der Waals surface area contributed by atoms with Gasteiger partial charge in [-0.3, -0.25) is 4.99 Å². The van der Waals surface area contributed by atoms with Gasteiger partial charge in [0.05, 0.1) is 18.5 Å². The van der Waals surface area contributed by atoms with Crippen molar-refractivity contribution in [1.29, 1.82) is 0 Å². The Morgan fingerprint density at radius 3 is 2.60 bits per heavy atom. The molecule has 0 saturated heterocycles. The maximum atomic E-state index is 6.05. The first-order valence-electron chi connectivity index (χ1n) is 6.10. The van der Waals surface area contributed by atoms with Crippen LogP contribution in [-0.2, 0) is 4.74 Å². The number of nitrogens with zero attached hydrogens (tertiary/aromatic N) is 1. The zero-order valence-electron chi connectivity index (χ0n) is 10.0. The first-order valence-corrected chi connectivity index (χ1v) is 6.10. The van der Waals surface area contributed by atoms with E-state index in [0.29, 0.717) is 12.5 Å². The highest BCUT2D eigenvalue weighted by atomic mass is 16.5. The van der Waals surface area contributed by atoms with Crippen LogP contribution < -0.4 is 5.73 Å². The summed E-state index contributed by atoms with van der Waals surface area (Å²) in [7, 11) is 1.72. The fourth-order valence-electron chi connectivity index (χ4n) is 2.15. The summed E-state index contributed by atoms with van der Waals surface area (Å²) in [5.74, 6) is 1.39. The second-order valence-electron chi connectivity index (χ2n) is 4.41. The van der Waals surface area contributed by atoms with Crippen molar-refractivity contribution < 1.29 is 4.74 Å². The minimum atomic E-state index is 0.247. The molecule has 1 aliphatic rings. The van der Waals surface area contributed by atoms with Crippen LogP contribution in [0.4, 0.5) is 0 Å². The quantitative estimate of drug-likeness (QED) is 0.561. The van der Waals surface area contributed by atoms with E-state index < -0.39 is 0 Å². The first-order chi connectivity index (χ1) is 7.27. The van der Waals surface area contributed by atoms with Crippen molar-refractivity contribution >= 4 is 5.84 Å². The number of rotatable bonds is 5. The Morgan fingerprint density at radius 1 is 1.40 bits per heavy atom. The van der Waals surface area contributed by atoms with E-state index in [4.69, 9.17) is 10.5 Å². The van der Waals surface area contributed by atoms with Crippen molar-refractivity contribution in [2.75, 3.05) is 13.7 Å². The van der Waals surface area contributed by atoms with Gasteiger partial charge < -0.3 is 10.5 Å². The fourth-order valence-corrected chi connectivity index (χ4v) is 2.15. The molecular formula is C12H24N2O. The Morgan fingerprint density at radius 2 is 2.07 bits per heavy atom. The van der Waals surface area contributed by atoms with Crippen LogP contribution in [0.1, 0.15) is 45.4 Å². The van der Waals surface area contributed by atoms with Crippen LogP contribution in [-0.4, -0.2) is 25.6 Å². The van der Waals surface area contributed by atoms with Crippen LogP contribution in [0.2, 0.25) is 0 Å². The van der Waals surface area contributed by atoms with E-state index in [1.54, 1.807) is 7.11 Å². The molecule has 0 aromatic rings. The van der Waals surface area contributed by atoms with Gasteiger partial charge in [-0.2, -0.15) is 0 Å². The van der Waals surface area contributed by atoms with Crippen molar-refractivity contribution in [3.8, 4) is 0 Å². The number of methoxy groups -OCH3 is 1. The van der Waals surface area contributed by atoms with Crippen LogP contribution in [0.3, 0.4) is 0 Å². The highest BCUT2D eigenvalue weighted by molar-refractivity contribution is 5.83. The summed E-state index contributed by atoms with van der Waals surface area (Å²) in [6, 6.07) is 0.247. The average molecular weight is 212 g/mol. The normalized spacial score (nSPS) is 21.6. The second kappa shape index (κ2) is 6.83. The Balaban J connectivity index is 2.47.